The van der Waals surface area contributed by atoms with Crippen LogP contribution in [0.2, 0.25) is 0 Å². The minimum Gasteiger partial charge on any atom is -0.309 e. The summed E-state index contributed by atoms with van der Waals surface area (Å²) in [6, 6.07) is 92.0. The second kappa shape index (κ2) is 17.6. The van der Waals surface area contributed by atoms with Gasteiger partial charge in [0, 0.05) is 53.7 Å². The Morgan fingerprint density at radius 3 is 1.14 bits per heavy atom. The summed E-state index contributed by atoms with van der Waals surface area (Å²) in [5, 5.41) is 10.4. The second-order valence-corrected chi connectivity index (χ2v) is 24.3. The third kappa shape index (κ3) is 6.62. The average Bonchev–Trinajstić information content (AvgIpc) is 2.01. The highest BCUT2D eigenvalue weighted by atomic mass is 32.1. The molecule has 0 saturated heterocycles. The van der Waals surface area contributed by atoms with Gasteiger partial charge in [0.15, 0.2) is 0 Å². The molecule has 0 amide bonds. The number of nitrogens with zero attached hydrogens (tertiary/aromatic N) is 2. The van der Waals surface area contributed by atoms with Crippen LogP contribution in [0, 0.1) is 0 Å². The molecule has 4 heteroatoms. The fraction of sp³-hybridized carbons (Fsp3) is 0.0933. The molecule has 376 valence electrons. The third-order valence-corrected chi connectivity index (χ3v) is 19.8. The van der Waals surface area contributed by atoms with Crippen LogP contribution in [-0.4, -0.2) is 0 Å². The number of hydrogen-bond donors (Lipinski definition) is 0. The van der Waals surface area contributed by atoms with Crippen molar-refractivity contribution in [3.05, 3.63) is 276 Å². The summed E-state index contributed by atoms with van der Waals surface area (Å²) in [5.74, 6) is 0.508. The third-order valence-electron chi connectivity index (χ3n) is 17.3. The Morgan fingerprint density at radius 2 is 0.696 bits per heavy atom. The Bertz CT molecular complexity index is 4500. The number of benzene rings is 12. The molecule has 1 spiro atoms. The first-order valence-electron chi connectivity index (χ1n) is 27.8. The van der Waals surface area contributed by atoms with Crippen LogP contribution in [0.1, 0.15) is 72.9 Å². The molecule has 0 fully saturated rings. The van der Waals surface area contributed by atoms with Gasteiger partial charge < -0.3 is 9.80 Å². The van der Waals surface area contributed by atoms with Crippen molar-refractivity contribution in [2.45, 2.75) is 44.9 Å². The molecular formula is C75H54N2S2. The van der Waals surface area contributed by atoms with Gasteiger partial charge >= 0.3 is 0 Å². The molecule has 0 unspecified atom stereocenters. The van der Waals surface area contributed by atoms with E-state index in [2.05, 4.69) is 280 Å². The number of fused-ring (bicyclic) bond motifs is 20. The van der Waals surface area contributed by atoms with Crippen LogP contribution in [0.15, 0.2) is 243 Å². The van der Waals surface area contributed by atoms with Crippen molar-refractivity contribution in [3.8, 4) is 22.3 Å². The monoisotopic (exact) mass is 1050 g/mol. The highest BCUT2D eigenvalue weighted by Crippen LogP contribution is 2.67. The zero-order chi connectivity index (χ0) is 52.7. The Morgan fingerprint density at radius 1 is 0.304 bits per heavy atom. The summed E-state index contributed by atoms with van der Waals surface area (Å²) >= 11 is 3.77. The molecule has 16 rings (SSSR count). The van der Waals surface area contributed by atoms with E-state index in [4.69, 9.17) is 0 Å². The van der Waals surface area contributed by atoms with E-state index in [0.717, 1.165) is 22.7 Å². The maximum Gasteiger partial charge on any atom is 0.0737 e. The number of para-hydroxylation sites is 2. The Balaban J connectivity index is 0.982. The zero-order valence-corrected chi connectivity index (χ0v) is 46.1. The van der Waals surface area contributed by atoms with Crippen molar-refractivity contribution < 1.29 is 0 Å². The summed E-state index contributed by atoms with van der Waals surface area (Å²) in [6.07, 6.45) is 0. The van der Waals surface area contributed by atoms with Crippen LogP contribution in [0.3, 0.4) is 0 Å². The summed E-state index contributed by atoms with van der Waals surface area (Å²) in [7, 11) is 0. The minimum atomic E-state index is -0.605. The molecule has 2 heterocycles. The highest BCUT2D eigenvalue weighted by Gasteiger charge is 2.54. The molecule has 2 nitrogen and oxygen atoms in total. The number of hydrogen-bond acceptors (Lipinski definition) is 4. The van der Waals surface area contributed by atoms with Gasteiger partial charge in [-0.15, -0.1) is 22.7 Å². The number of thiophene rings is 2. The molecule has 0 saturated carbocycles. The fourth-order valence-corrected chi connectivity index (χ4v) is 16.5. The number of rotatable bonds is 8. The SMILES string of the molecule is CC(C)c1cc2c(c3ccc(N(c4ccccc4)c4cccc5c4sc4ccccc45)cc13)C1(c3ccccc3-c3ccccc31)c1c-2cc(C(C)C)c2cc(N(c3ccccc3)c3cccc4c3sc3ccccc34)ccc12. The first-order valence-corrected chi connectivity index (χ1v) is 29.4. The Labute approximate surface area is 468 Å². The molecule has 0 atom stereocenters. The van der Waals surface area contributed by atoms with Gasteiger partial charge in [-0.25, -0.2) is 0 Å². The predicted octanol–water partition coefficient (Wildman–Crippen LogP) is 22.3. The molecule has 2 aliphatic rings. The maximum atomic E-state index is 2.61. The molecule has 2 aliphatic carbocycles. The first kappa shape index (κ1) is 46.3. The molecule has 0 bridgehead atoms. The molecule has 0 radical (unpaired) electrons. The normalized spacial score (nSPS) is 13.1. The van der Waals surface area contributed by atoms with Gasteiger partial charge in [-0.3, -0.25) is 0 Å². The van der Waals surface area contributed by atoms with Crippen LogP contribution in [-0.2, 0) is 5.41 Å². The van der Waals surface area contributed by atoms with Gasteiger partial charge in [0.05, 0.1) is 26.2 Å². The van der Waals surface area contributed by atoms with Crippen molar-refractivity contribution in [2.75, 3.05) is 9.80 Å². The minimum absolute atomic E-state index is 0.254. The van der Waals surface area contributed by atoms with Gasteiger partial charge in [-0.2, -0.15) is 0 Å². The van der Waals surface area contributed by atoms with Crippen molar-refractivity contribution in [1.29, 1.82) is 0 Å². The van der Waals surface area contributed by atoms with E-state index in [0.29, 0.717) is 0 Å². The Kier molecular flexibility index (Phi) is 10.3. The molecular weight excluding hydrogens is 993 g/mol. The van der Waals surface area contributed by atoms with E-state index >= 15 is 0 Å². The van der Waals surface area contributed by atoms with Gasteiger partial charge in [0.1, 0.15) is 0 Å². The van der Waals surface area contributed by atoms with Gasteiger partial charge in [0.2, 0.25) is 0 Å². The average molecular weight is 1050 g/mol. The Hall–Kier alpha value is -8.80. The summed E-state index contributed by atoms with van der Waals surface area (Å²) in [5.41, 5.74) is 19.9. The molecule has 14 aromatic rings. The standard InChI is InChI=1S/C75H54N2S2/c1-45(2)59-43-63-64-44-60(46(3)4)62-42-50(77(48-23-9-6-10-24-48)68-34-20-30-58-54-28-14-18-36-70(54)79-74(58)68)38-40-56(62)72(64)75(65-31-15-11-25-51(65)52-26-12-16-32-66(52)75)71(63)55-39-37-49(41-61(55)59)76(47-21-7-5-8-22-47)67-33-19-29-57-53-27-13-17-35-69(53)78-73(57)67/h5-46H,1-4H3. The summed E-state index contributed by atoms with van der Waals surface area (Å²) in [4.78, 5) is 5.00. The second-order valence-electron chi connectivity index (χ2n) is 22.2. The van der Waals surface area contributed by atoms with Crippen LogP contribution in [0.5, 0.6) is 0 Å². The first-order chi connectivity index (χ1) is 38.9. The van der Waals surface area contributed by atoms with Crippen LogP contribution < -0.4 is 9.80 Å². The number of anilines is 6. The van der Waals surface area contributed by atoms with E-state index in [1.807, 2.05) is 22.7 Å². The van der Waals surface area contributed by atoms with Crippen molar-refractivity contribution in [2.24, 2.45) is 0 Å². The quantitative estimate of drug-likeness (QED) is 0.150. The molecule has 0 N–H and O–H groups in total. The lowest BCUT2D eigenvalue weighted by Crippen LogP contribution is -2.27. The van der Waals surface area contributed by atoms with Crippen molar-refractivity contribution in [1.82, 2.24) is 0 Å². The van der Waals surface area contributed by atoms with E-state index < -0.39 is 5.41 Å². The molecule has 0 aliphatic heterocycles. The van der Waals surface area contributed by atoms with E-state index in [-0.39, 0.29) is 11.8 Å². The lowest BCUT2D eigenvalue weighted by molar-refractivity contribution is 0.806. The van der Waals surface area contributed by atoms with E-state index in [1.54, 1.807) is 0 Å². The maximum absolute atomic E-state index is 2.61. The van der Waals surface area contributed by atoms with E-state index in [1.165, 1.54) is 129 Å². The van der Waals surface area contributed by atoms with Gasteiger partial charge in [0.25, 0.3) is 0 Å². The summed E-state index contributed by atoms with van der Waals surface area (Å²) < 4.78 is 5.19. The molecule has 12 aromatic carbocycles. The predicted molar refractivity (Wildman–Crippen MR) is 341 cm³/mol. The largest absolute Gasteiger partial charge is 0.309 e. The van der Waals surface area contributed by atoms with Crippen LogP contribution in [0.25, 0.3) is 84.1 Å². The summed E-state index contributed by atoms with van der Waals surface area (Å²) in [6.45, 7) is 9.52. The zero-order valence-electron chi connectivity index (χ0n) is 44.5. The topological polar surface area (TPSA) is 6.48 Å². The van der Waals surface area contributed by atoms with Crippen molar-refractivity contribution >= 4 is 119 Å². The lowest BCUT2D eigenvalue weighted by atomic mass is 9.67. The van der Waals surface area contributed by atoms with Crippen LogP contribution >= 0.6 is 22.7 Å². The van der Waals surface area contributed by atoms with Gasteiger partial charge in [-0.1, -0.05) is 185 Å². The fourth-order valence-electron chi connectivity index (χ4n) is 14.1. The smallest absolute Gasteiger partial charge is 0.0737 e. The lowest BCUT2D eigenvalue weighted by Gasteiger charge is -2.34. The van der Waals surface area contributed by atoms with Crippen molar-refractivity contribution in [3.63, 3.8) is 0 Å². The van der Waals surface area contributed by atoms with E-state index in [9.17, 15) is 0 Å². The highest BCUT2D eigenvalue weighted by molar-refractivity contribution is 7.26. The molecule has 2 aromatic heterocycles. The van der Waals surface area contributed by atoms with Crippen LogP contribution in [0.4, 0.5) is 34.1 Å². The van der Waals surface area contributed by atoms with Gasteiger partial charge in [-0.05, 0) is 174 Å². The molecule has 79 heavy (non-hydrogen) atoms.